The third kappa shape index (κ3) is 5.37. The monoisotopic (exact) mass is 226 g/mol. The van der Waals surface area contributed by atoms with E-state index in [4.69, 9.17) is 0 Å². The van der Waals surface area contributed by atoms with Crippen molar-refractivity contribution in [1.29, 1.82) is 0 Å². The molecule has 0 heterocycles. The highest BCUT2D eigenvalue weighted by Crippen LogP contribution is 2.35. The Morgan fingerprint density at radius 2 is 1.44 bits per heavy atom. The average Bonchev–Trinajstić information content (AvgIpc) is 2.26. The molecule has 0 heteroatoms. The molecule has 0 fully saturated rings. The molecule has 0 rings (SSSR count). The lowest BCUT2D eigenvalue weighted by molar-refractivity contribution is 0.191. The lowest BCUT2D eigenvalue weighted by Crippen LogP contribution is -2.21. The number of hydrogen-bond donors (Lipinski definition) is 0. The fraction of sp³-hybridized carbons (Fsp3) is 1.00. The van der Waals surface area contributed by atoms with Crippen LogP contribution >= 0.6 is 0 Å². The van der Waals surface area contributed by atoms with Crippen LogP contribution in [0.25, 0.3) is 0 Å². The Morgan fingerprint density at radius 3 is 1.88 bits per heavy atom. The van der Waals surface area contributed by atoms with Crippen molar-refractivity contribution < 1.29 is 0 Å². The maximum atomic E-state index is 2.44. The van der Waals surface area contributed by atoms with Crippen molar-refractivity contribution in [3.63, 3.8) is 0 Å². The lowest BCUT2D eigenvalue weighted by atomic mass is 9.74. The zero-order chi connectivity index (χ0) is 12.8. The van der Waals surface area contributed by atoms with E-state index in [1.807, 2.05) is 0 Å². The van der Waals surface area contributed by atoms with Gasteiger partial charge in [0.05, 0.1) is 0 Å². The molecule has 0 aliphatic heterocycles. The van der Waals surface area contributed by atoms with Crippen molar-refractivity contribution in [3.05, 3.63) is 0 Å². The Morgan fingerprint density at radius 1 is 0.875 bits per heavy atom. The van der Waals surface area contributed by atoms with Gasteiger partial charge in [-0.15, -0.1) is 0 Å². The summed E-state index contributed by atoms with van der Waals surface area (Å²) < 4.78 is 0. The summed E-state index contributed by atoms with van der Waals surface area (Å²) in [5.41, 5.74) is 0.532. The molecule has 0 radical (unpaired) electrons. The third-order valence-electron chi connectivity index (χ3n) is 5.04. The quantitative estimate of drug-likeness (QED) is 0.482. The first-order valence-corrected chi connectivity index (χ1v) is 7.35. The van der Waals surface area contributed by atoms with Gasteiger partial charge in [-0.05, 0) is 29.6 Å². The molecule has 0 saturated carbocycles. The van der Waals surface area contributed by atoms with E-state index in [-0.39, 0.29) is 0 Å². The number of hydrogen-bond acceptors (Lipinski definition) is 0. The molecule has 98 valence electrons. The summed E-state index contributed by atoms with van der Waals surface area (Å²) in [6.07, 6.45) is 6.85. The molecular formula is C16H34. The highest BCUT2D eigenvalue weighted by Gasteiger charge is 2.24. The fourth-order valence-electron chi connectivity index (χ4n) is 2.37. The van der Waals surface area contributed by atoms with Crippen LogP contribution in [-0.4, -0.2) is 0 Å². The second-order valence-electron chi connectivity index (χ2n) is 6.55. The predicted molar refractivity (Wildman–Crippen MR) is 75.7 cm³/mol. The Hall–Kier alpha value is 0. The minimum atomic E-state index is 0.532. The summed E-state index contributed by atoms with van der Waals surface area (Å²) >= 11 is 0. The van der Waals surface area contributed by atoms with E-state index in [1.54, 1.807) is 0 Å². The van der Waals surface area contributed by atoms with Gasteiger partial charge in [0.15, 0.2) is 0 Å². The molecule has 0 aromatic rings. The van der Waals surface area contributed by atoms with Crippen molar-refractivity contribution in [2.75, 3.05) is 0 Å². The van der Waals surface area contributed by atoms with E-state index in [9.17, 15) is 0 Å². The molecule has 3 unspecified atom stereocenters. The third-order valence-corrected chi connectivity index (χ3v) is 5.04. The van der Waals surface area contributed by atoms with Crippen molar-refractivity contribution in [1.82, 2.24) is 0 Å². The predicted octanol–water partition coefficient (Wildman–Crippen LogP) is 5.91. The van der Waals surface area contributed by atoms with Crippen LogP contribution in [-0.2, 0) is 0 Å². The van der Waals surface area contributed by atoms with Crippen LogP contribution in [0.15, 0.2) is 0 Å². The SMILES string of the molecule is CCC(C)C(C)CCCC(C)(C)C(C)CC. The van der Waals surface area contributed by atoms with Crippen LogP contribution < -0.4 is 0 Å². The largest absolute Gasteiger partial charge is 0.0651 e. The fourth-order valence-corrected chi connectivity index (χ4v) is 2.37. The first-order chi connectivity index (χ1) is 7.35. The van der Waals surface area contributed by atoms with Crippen molar-refractivity contribution in [2.24, 2.45) is 23.2 Å². The van der Waals surface area contributed by atoms with Crippen LogP contribution in [0.5, 0.6) is 0 Å². The molecule has 3 atom stereocenters. The summed E-state index contributed by atoms with van der Waals surface area (Å²) in [6, 6.07) is 0. The second-order valence-corrected chi connectivity index (χ2v) is 6.55. The smallest absolute Gasteiger partial charge is 0.0329 e. The van der Waals surface area contributed by atoms with E-state index in [1.165, 1.54) is 32.1 Å². The van der Waals surface area contributed by atoms with Gasteiger partial charge in [0, 0.05) is 0 Å². The highest BCUT2D eigenvalue weighted by atomic mass is 14.3. The van der Waals surface area contributed by atoms with Crippen LogP contribution in [0.1, 0.15) is 80.6 Å². The number of rotatable bonds is 8. The van der Waals surface area contributed by atoms with Crippen LogP contribution in [0.3, 0.4) is 0 Å². The normalized spacial score (nSPS) is 18.2. The minimum Gasteiger partial charge on any atom is -0.0651 e. The molecule has 0 nitrogen and oxygen atoms in total. The van der Waals surface area contributed by atoms with Gasteiger partial charge in [0.1, 0.15) is 0 Å². The van der Waals surface area contributed by atoms with E-state index in [0.717, 1.165) is 17.8 Å². The van der Waals surface area contributed by atoms with E-state index < -0.39 is 0 Å². The topological polar surface area (TPSA) is 0 Å². The van der Waals surface area contributed by atoms with Gasteiger partial charge in [0.2, 0.25) is 0 Å². The zero-order valence-electron chi connectivity index (χ0n) is 12.8. The summed E-state index contributed by atoms with van der Waals surface area (Å²) in [7, 11) is 0. The standard InChI is InChI=1S/C16H34/c1-8-13(3)14(4)11-10-12-16(6,7)15(5)9-2/h13-15H,8-12H2,1-7H3. The molecule has 0 spiro atoms. The van der Waals surface area contributed by atoms with Crippen LogP contribution in [0.4, 0.5) is 0 Å². The molecule has 0 N–H and O–H groups in total. The highest BCUT2D eigenvalue weighted by molar-refractivity contribution is 4.75. The van der Waals surface area contributed by atoms with Crippen molar-refractivity contribution in [2.45, 2.75) is 80.6 Å². The van der Waals surface area contributed by atoms with Crippen molar-refractivity contribution >= 4 is 0 Å². The lowest BCUT2D eigenvalue weighted by Gasteiger charge is -2.32. The maximum Gasteiger partial charge on any atom is -0.0329 e. The second kappa shape index (κ2) is 7.35. The average molecular weight is 226 g/mol. The first kappa shape index (κ1) is 16.0. The van der Waals surface area contributed by atoms with E-state index in [0.29, 0.717) is 5.41 Å². The molecular weight excluding hydrogens is 192 g/mol. The molecule has 0 saturated heterocycles. The van der Waals surface area contributed by atoms with Crippen LogP contribution in [0, 0.1) is 23.2 Å². The van der Waals surface area contributed by atoms with Gasteiger partial charge < -0.3 is 0 Å². The minimum absolute atomic E-state index is 0.532. The van der Waals surface area contributed by atoms with Crippen molar-refractivity contribution in [3.8, 4) is 0 Å². The summed E-state index contributed by atoms with van der Waals surface area (Å²) in [6.45, 7) is 16.7. The maximum absolute atomic E-state index is 2.44. The zero-order valence-corrected chi connectivity index (χ0v) is 12.8. The Balaban J connectivity index is 3.89. The molecule has 0 amide bonds. The Kier molecular flexibility index (Phi) is 7.35. The van der Waals surface area contributed by atoms with Crippen LogP contribution in [0.2, 0.25) is 0 Å². The van der Waals surface area contributed by atoms with Gasteiger partial charge in [-0.25, -0.2) is 0 Å². The summed E-state index contributed by atoms with van der Waals surface area (Å²) in [5, 5.41) is 0. The molecule has 0 aromatic carbocycles. The van der Waals surface area contributed by atoms with Gasteiger partial charge in [-0.2, -0.15) is 0 Å². The van der Waals surface area contributed by atoms with E-state index >= 15 is 0 Å². The Bertz CT molecular complexity index is 169. The summed E-state index contributed by atoms with van der Waals surface area (Å²) in [5.74, 6) is 2.65. The van der Waals surface area contributed by atoms with Gasteiger partial charge in [-0.3, -0.25) is 0 Å². The molecule has 0 aliphatic rings. The van der Waals surface area contributed by atoms with Gasteiger partial charge in [0.25, 0.3) is 0 Å². The molecule has 0 bridgehead atoms. The molecule has 0 aromatic heterocycles. The van der Waals surface area contributed by atoms with E-state index in [2.05, 4.69) is 48.5 Å². The molecule has 0 aliphatic carbocycles. The Labute approximate surface area is 104 Å². The first-order valence-electron chi connectivity index (χ1n) is 7.35. The summed E-state index contributed by atoms with van der Waals surface area (Å²) in [4.78, 5) is 0. The van der Waals surface area contributed by atoms with Gasteiger partial charge in [-0.1, -0.05) is 74.1 Å². The van der Waals surface area contributed by atoms with Gasteiger partial charge >= 0.3 is 0 Å². The molecule has 16 heavy (non-hydrogen) atoms.